The minimum atomic E-state index is 0.207. The number of nitrogens with zero attached hydrogens (tertiary/aromatic N) is 3. The Balaban J connectivity index is 2.09. The van der Waals surface area contributed by atoms with E-state index in [1.54, 1.807) is 0 Å². The first-order valence-corrected chi connectivity index (χ1v) is 6.88. The van der Waals surface area contributed by atoms with Gasteiger partial charge in [-0.25, -0.2) is 4.98 Å². The van der Waals surface area contributed by atoms with Crippen LogP contribution in [0.2, 0.25) is 0 Å². The monoisotopic (exact) mass is 260 g/mol. The maximum atomic E-state index is 5.78. The van der Waals surface area contributed by atoms with E-state index < -0.39 is 0 Å². The number of imidazole rings is 1. The summed E-state index contributed by atoms with van der Waals surface area (Å²) in [4.78, 5) is 7.09. The zero-order chi connectivity index (χ0) is 14.0. The molecule has 0 saturated heterocycles. The highest BCUT2D eigenvalue weighted by Crippen LogP contribution is 2.14. The molecular weight excluding hydrogens is 236 g/mol. The van der Waals surface area contributed by atoms with Gasteiger partial charge in [0.25, 0.3) is 0 Å². The Hall–Kier alpha value is -1.55. The van der Waals surface area contributed by atoms with Gasteiger partial charge >= 0.3 is 0 Å². The lowest BCUT2D eigenvalue weighted by molar-refractivity contribution is 0.146. The molecular formula is C15H24N4. The van der Waals surface area contributed by atoms with E-state index in [1.165, 1.54) is 0 Å². The van der Waals surface area contributed by atoms with E-state index >= 15 is 0 Å². The summed E-state index contributed by atoms with van der Waals surface area (Å²) in [7, 11) is 0. The Morgan fingerprint density at radius 3 is 2.63 bits per heavy atom. The number of hydrogen-bond donors (Lipinski definition) is 1. The van der Waals surface area contributed by atoms with Crippen LogP contribution in [0.5, 0.6) is 0 Å². The molecule has 2 aromatic rings. The van der Waals surface area contributed by atoms with Crippen LogP contribution >= 0.6 is 0 Å². The zero-order valence-corrected chi connectivity index (χ0v) is 12.3. The molecule has 2 rings (SSSR count). The molecule has 2 heterocycles. The van der Waals surface area contributed by atoms with Crippen molar-refractivity contribution in [1.29, 1.82) is 0 Å². The van der Waals surface area contributed by atoms with Gasteiger partial charge < -0.3 is 10.1 Å². The van der Waals surface area contributed by atoms with E-state index in [4.69, 9.17) is 5.73 Å². The van der Waals surface area contributed by atoms with Crippen LogP contribution in [-0.2, 0) is 6.42 Å². The SMILES string of the molecule is CCN(CCc1cn2cc(N)ccc2n1)C(C)(C)C. The van der Waals surface area contributed by atoms with Gasteiger partial charge in [0.1, 0.15) is 5.65 Å². The Kier molecular flexibility index (Phi) is 3.80. The number of aromatic nitrogens is 2. The fraction of sp³-hybridized carbons (Fsp3) is 0.533. The molecule has 4 nitrogen and oxygen atoms in total. The smallest absolute Gasteiger partial charge is 0.137 e. The van der Waals surface area contributed by atoms with E-state index in [9.17, 15) is 0 Å². The van der Waals surface area contributed by atoms with Gasteiger partial charge in [0.05, 0.1) is 5.69 Å². The molecule has 0 aromatic carbocycles. The predicted octanol–water partition coefficient (Wildman–Crippen LogP) is 2.58. The molecule has 2 aromatic heterocycles. The molecule has 0 aliphatic carbocycles. The molecule has 0 atom stereocenters. The Morgan fingerprint density at radius 2 is 2.00 bits per heavy atom. The van der Waals surface area contributed by atoms with Crippen LogP contribution in [0.1, 0.15) is 33.4 Å². The summed E-state index contributed by atoms with van der Waals surface area (Å²) in [5, 5.41) is 0. The number of rotatable bonds is 4. The first kappa shape index (κ1) is 13.9. The standard InChI is InChI=1S/C15H24N4/c1-5-19(15(2,3)4)9-8-13-11-18-10-12(16)6-7-14(18)17-13/h6-7,10-11H,5,8-9,16H2,1-4H3. The fourth-order valence-electron chi connectivity index (χ4n) is 2.40. The summed E-state index contributed by atoms with van der Waals surface area (Å²) in [6.45, 7) is 11.0. The Bertz CT molecular complexity index is 551. The molecule has 0 fully saturated rings. The van der Waals surface area contributed by atoms with Crippen LogP contribution in [0.15, 0.2) is 24.5 Å². The number of nitrogens with two attached hydrogens (primary N) is 1. The van der Waals surface area contributed by atoms with Crippen LogP contribution in [0.3, 0.4) is 0 Å². The van der Waals surface area contributed by atoms with Crippen molar-refractivity contribution in [1.82, 2.24) is 14.3 Å². The average molecular weight is 260 g/mol. The second-order valence-corrected chi connectivity index (χ2v) is 5.96. The van der Waals surface area contributed by atoms with Gasteiger partial charge in [0.2, 0.25) is 0 Å². The van der Waals surface area contributed by atoms with Gasteiger partial charge in [0.15, 0.2) is 0 Å². The van der Waals surface area contributed by atoms with Crippen molar-refractivity contribution < 1.29 is 0 Å². The van der Waals surface area contributed by atoms with Gasteiger partial charge in [0, 0.05) is 36.6 Å². The fourth-order valence-corrected chi connectivity index (χ4v) is 2.40. The zero-order valence-electron chi connectivity index (χ0n) is 12.3. The molecule has 104 valence electrons. The highest BCUT2D eigenvalue weighted by Gasteiger charge is 2.19. The molecule has 0 saturated carbocycles. The van der Waals surface area contributed by atoms with Crippen LogP contribution in [0.25, 0.3) is 5.65 Å². The predicted molar refractivity (Wildman–Crippen MR) is 80.3 cm³/mol. The maximum Gasteiger partial charge on any atom is 0.137 e. The molecule has 0 unspecified atom stereocenters. The summed E-state index contributed by atoms with van der Waals surface area (Å²) in [6.07, 6.45) is 4.95. The second kappa shape index (κ2) is 5.21. The maximum absolute atomic E-state index is 5.78. The normalized spacial score (nSPS) is 12.5. The molecule has 2 N–H and O–H groups in total. The lowest BCUT2D eigenvalue weighted by Gasteiger charge is -2.34. The second-order valence-electron chi connectivity index (χ2n) is 5.96. The topological polar surface area (TPSA) is 46.6 Å². The van der Waals surface area contributed by atoms with Crippen molar-refractivity contribution in [2.75, 3.05) is 18.8 Å². The third-order valence-corrected chi connectivity index (χ3v) is 3.49. The lowest BCUT2D eigenvalue weighted by Crippen LogP contribution is -2.42. The van der Waals surface area contributed by atoms with Gasteiger partial charge in [-0.15, -0.1) is 0 Å². The number of pyridine rings is 1. The molecule has 0 aliphatic heterocycles. The number of likely N-dealkylation sites (N-methyl/N-ethyl adjacent to an activating group) is 1. The van der Waals surface area contributed by atoms with E-state index in [-0.39, 0.29) is 5.54 Å². The minimum absolute atomic E-state index is 0.207. The summed E-state index contributed by atoms with van der Waals surface area (Å²) in [5.41, 5.74) is 8.83. The highest BCUT2D eigenvalue weighted by molar-refractivity contribution is 5.48. The van der Waals surface area contributed by atoms with Gasteiger partial charge in [-0.2, -0.15) is 0 Å². The van der Waals surface area contributed by atoms with Crippen LogP contribution in [-0.4, -0.2) is 32.9 Å². The molecule has 4 heteroatoms. The summed E-state index contributed by atoms with van der Waals surface area (Å²) >= 11 is 0. The molecule has 0 radical (unpaired) electrons. The lowest BCUT2D eigenvalue weighted by atomic mass is 10.1. The Morgan fingerprint density at radius 1 is 1.26 bits per heavy atom. The molecule has 0 amide bonds. The van der Waals surface area contributed by atoms with Gasteiger partial charge in [-0.3, -0.25) is 4.90 Å². The number of nitrogen functional groups attached to an aromatic ring is 1. The third-order valence-electron chi connectivity index (χ3n) is 3.49. The van der Waals surface area contributed by atoms with Crippen molar-refractivity contribution in [2.24, 2.45) is 0 Å². The first-order chi connectivity index (χ1) is 8.90. The Labute approximate surface area is 115 Å². The quantitative estimate of drug-likeness (QED) is 0.919. The van der Waals surface area contributed by atoms with Crippen LogP contribution in [0, 0.1) is 0 Å². The van der Waals surface area contributed by atoms with Crippen molar-refractivity contribution in [3.05, 3.63) is 30.2 Å². The van der Waals surface area contributed by atoms with Crippen molar-refractivity contribution in [2.45, 2.75) is 39.7 Å². The van der Waals surface area contributed by atoms with E-state index in [0.29, 0.717) is 0 Å². The van der Waals surface area contributed by atoms with Crippen molar-refractivity contribution in [3.8, 4) is 0 Å². The van der Waals surface area contributed by atoms with Crippen molar-refractivity contribution in [3.63, 3.8) is 0 Å². The van der Waals surface area contributed by atoms with Crippen LogP contribution < -0.4 is 5.73 Å². The highest BCUT2D eigenvalue weighted by atomic mass is 15.2. The largest absolute Gasteiger partial charge is 0.398 e. The summed E-state index contributed by atoms with van der Waals surface area (Å²) in [5.74, 6) is 0. The third kappa shape index (κ3) is 3.26. The number of hydrogen-bond acceptors (Lipinski definition) is 3. The van der Waals surface area contributed by atoms with Crippen LogP contribution in [0.4, 0.5) is 5.69 Å². The molecule has 0 bridgehead atoms. The summed E-state index contributed by atoms with van der Waals surface area (Å²) < 4.78 is 2.00. The number of anilines is 1. The molecule has 19 heavy (non-hydrogen) atoms. The summed E-state index contributed by atoms with van der Waals surface area (Å²) in [6, 6.07) is 3.85. The van der Waals surface area contributed by atoms with Gasteiger partial charge in [-0.1, -0.05) is 6.92 Å². The van der Waals surface area contributed by atoms with E-state index in [0.717, 1.165) is 36.5 Å². The molecule has 0 spiro atoms. The average Bonchev–Trinajstić information content (AvgIpc) is 2.69. The number of fused-ring (bicyclic) bond motifs is 1. The van der Waals surface area contributed by atoms with E-state index in [2.05, 4.69) is 43.8 Å². The molecule has 0 aliphatic rings. The van der Waals surface area contributed by atoms with Crippen molar-refractivity contribution >= 4 is 11.3 Å². The van der Waals surface area contributed by atoms with E-state index in [1.807, 2.05) is 22.7 Å². The van der Waals surface area contributed by atoms with Gasteiger partial charge in [-0.05, 0) is 39.4 Å². The minimum Gasteiger partial charge on any atom is -0.398 e. The first-order valence-electron chi connectivity index (χ1n) is 6.88.